The van der Waals surface area contributed by atoms with Crippen molar-refractivity contribution in [2.75, 3.05) is 19.8 Å². The van der Waals surface area contributed by atoms with Crippen LogP contribution in [0.3, 0.4) is 0 Å². The Balaban J connectivity index is 1.74. The Morgan fingerprint density at radius 2 is 1.96 bits per heavy atom. The molecule has 2 fully saturated rings. The molecule has 23 heavy (non-hydrogen) atoms. The third kappa shape index (κ3) is 3.16. The smallest absolute Gasteiger partial charge is 0.413 e. The standard InChI is InChI=1S/C16H19NO6/c18-14(19)13-11-23-16(6-8-21-9-7-16)17(13)15(20)22-10-12-4-2-1-3-5-12/h1-5,13H,6-11H2,(H,18,19). The number of carboxylic acids is 1. The fraction of sp³-hybridized carbons (Fsp3) is 0.500. The Labute approximate surface area is 133 Å². The third-order valence-electron chi connectivity index (χ3n) is 4.22. The fourth-order valence-electron chi connectivity index (χ4n) is 3.00. The normalized spacial score (nSPS) is 23.0. The number of hydrogen-bond donors (Lipinski definition) is 1. The van der Waals surface area contributed by atoms with Gasteiger partial charge in [0, 0.05) is 12.8 Å². The number of ether oxygens (including phenoxy) is 3. The van der Waals surface area contributed by atoms with E-state index < -0.39 is 23.8 Å². The molecule has 1 unspecified atom stereocenters. The van der Waals surface area contributed by atoms with E-state index in [-0.39, 0.29) is 13.2 Å². The average Bonchev–Trinajstić information content (AvgIpc) is 2.93. The summed E-state index contributed by atoms with van der Waals surface area (Å²) in [5.41, 5.74) is -0.0939. The van der Waals surface area contributed by atoms with Gasteiger partial charge in [-0.25, -0.2) is 9.59 Å². The molecule has 7 heteroatoms. The molecule has 0 radical (unpaired) electrons. The number of carbonyl (C=O) groups excluding carboxylic acids is 1. The minimum absolute atomic E-state index is 0.0320. The largest absolute Gasteiger partial charge is 0.480 e. The van der Waals surface area contributed by atoms with Crippen LogP contribution in [0.4, 0.5) is 4.79 Å². The molecule has 2 saturated heterocycles. The van der Waals surface area contributed by atoms with Gasteiger partial charge in [0.15, 0.2) is 11.8 Å². The summed E-state index contributed by atoms with van der Waals surface area (Å²) in [6.45, 7) is 0.911. The Morgan fingerprint density at radius 3 is 2.61 bits per heavy atom. The van der Waals surface area contributed by atoms with Crippen LogP contribution in [0.5, 0.6) is 0 Å². The van der Waals surface area contributed by atoms with Crippen molar-refractivity contribution in [3.05, 3.63) is 35.9 Å². The maximum atomic E-state index is 12.5. The van der Waals surface area contributed by atoms with Crippen molar-refractivity contribution in [1.29, 1.82) is 0 Å². The molecule has 1 amide bonds. The molecule has 0 aromatic heterocycles. The summed E-state index contributed by atoms with van der Waals surface area (Å²) in [4.78, 5) is 25.2. The van der Waals surface area contributed by atoms with Gasteiger partial charge in [-0.15, -0.1) is 0 Å². The van der Waals surface area contributed by atoms with Crippen molar-refractivity contribution in [3.8, 4) is 0 Å². The lowest BCUT2D eigenvalue weighted by molar-refractivity contribution is -0.150. The van der Waals surface area contributed by atoms with Crippen LogP contribution in [0.2, 0.25) is 0 Å². The zero-order chi connectivity index (χ0) is 16.3. The van der Waals surface area contributed by atoms with Crippen molar-refractivity contribution in [1.82, 2.24) is 4.90 Å². The molecule has 3 rings (SSSR count). The number of nitrogens with zero attached hydrogens (tertiary/aromatic N) is 1. The second-order valence-electron chi connectivity index (χ2n) is 5.63. The lowest BCUT2D eigenvalue weighted by Gasteiger charge is -2.39. The summed E-state index contributed by atoms with van der Waals surface area (Å²) < 4.78 is 16.3. The van der Waals surface area contributed by atoms with Crippen LogP contribution in [0, 0.1) is 0 Å². The second kappa shape index (κ2) is 6.55. The minimum atomic E-state index is -1.09. The fourth-order valence-corrected chi connectivity index (χ4v) is 3.00. The molecule has 1 aromatic rings. The predicted octanol–water partition coefficient (Wildman–Crippen LogP) is 1.62. The highest BCUT2D eigenvalue weighted by atomic mass is 16.6. The molecule has 7 nitrogen and oxygen atoms in total. The van der Waals surface area contributed by atoms with E-state index in [1.54, 1.807) is 0 Å². The highest BCUT2D eigenvalue weighted by molar-refractivity contribution is 5.81. The van der Waals surface area contributed by atoms with E-state index in [2.05, 4.69) is 0 Å². The van der Waals surface area contributed by atoms with Gasteiger partial charge in [0.1, 0.15) is 6.61 Å². The van der Waals surface area contributed by atoms with Gasteiger partial charge in [0.2, 0.25) is 0 Å². The van der Waals surface area contributed by atoms with E-state index in [4.69, 9.17) is 14.2 Å². The number of aliphatic carboxylic acids is 1. The minimum Gasteiger partial charge on any atom is -0.480 e. The van der Waals surface area contributed by atoms with E-state index in [9.17, 15) is 14.7 Å². The van der Waals surface area contributed by atoms with Crippen LogP contribution >= 0.6 is 0 Å². The van der Waals surface area contributed by atoms with Crippen LogP contribution in [-0.4, -0.2) is 53.7 Å². The Kier molecular flexibility index (Phi) is 4.49. The number of amides is 1. The third-order valence-corrected chi connectivity index (χ3v) is 4.22. The van der Waals surface area contributed by atoms with Gasteiger partial charge in [-0.05, 0) is 5.56 Å². The Morgan fingerprint density at radius 1 is 1.26 bits per heavy atom. The van der Waals surface area contributed by atoms with Crippen molar-refractivity contribution < 1.29 is 28.9 Å². The van der Waals surface area contributed by atoms with Gasteiger partial charge in [-0.2, -0.15) is 0 Å². The summed E-state index contributed by atoms with van der Waals surface area (Å²) in [5, 5.41) is 9.37. The van der Waals surface area contributed by atoms with Gasteiger partial charge in [0.05, 0.1) is 19.8 Å². The maximum absolute atomic E-state index is 12.5. The molecule has 1 spiro atoms. The average molecular weight is 321 g/mol. The molecule has 2 aliphatic heterocycles. The van der Waals surface area contributed by atoms with Crippen LogP contribution in [0.15, 0.2) is 30.3 Å². The van der Waals surface area contributed by atoms with E-state index in [0.29, 0.717) is 26.1 Å². The number of rotatable bonds is 3. The number of hydrogen-bond acceptors (Lipinski definition) is 5. The Hall–Kier alpha value is -2.12. The second-order valence-corrected chi connectivity index (χ2v) is 5.63. The first kappa shape index (κ1) is 15.8. The van der Waals surface area contributed by atoms with E-state index in [0.717, 1.165) is 5.56 Å². The molecule has 1 atom stereocenters. The monoisotopic (exact) mass is 321 g/mol. The van der Waals surface area contributed by atoms with E-state index in [1.807, 2.05) is 30.3 Å². The molecule has 0 saturated carbocycles. The van der Waals surface area contributed by atoms with Crippen molar-refractivity contribution in [2.24, 2.45) is 0 Å². The van der Waals surface area contributed by atoms with Crippen LogP contribution < -0.4 is 0 Å². The molecule has 2 heterocycles. The molecule has 0 bridgehead atoms. The summed E-state index contributed by atoms with van der Waals surface area (Å²) >= 11 is 0. The predicted molar refractivity (Wildman–Crippen MR) is 78.6 cm³/mol. The maximum Gasteiger partial charge on any atom is 0.413 e. The van der Waals surface area contributed by atoms with Crippen molar-refractivity contribution in [2.45, 2.75) is 31.2 Å². The number of carbonyl (C=O) groups is 2. The lowest BCUT2D eigenvalue weighted by atomic mass is 10.0. The van der Waals surface area contributed by atoms with Gasteiger partial charge in [-0.1, -0.05) is 30.3 Å². The topological polar surface area (TPSA) is 85.3 Å². The van der Waals surface area contributed by atoms with Gasteiger partial charge >= 0.3 is 12.1 Å². The van der Waals surface area contributed by atoms with Crippen LogP contribution in [0.1, 0.15) is 18.4 Å². The summed E-state index contributed by atoms with van der Waals surface area (Å²) in [6, 6.07) is 8.22. The van der Waals surface area contributed by atoms with Crippen molar-refractivity contribution >= 4 is 12.1 Å². The van der Waals surface area contributed by atoms with Gasteiger partial charge in [-0.3, -0.25) is 4.90 Å². The van der Waals surface area contributed by atoms with Crippen LogP contribution in [0.25, 0.3) is 0 Å². The first-order valence-corrected chi connectivity index (χ1v) is 7.57. The molecule has 2 aliphatic rings. The molecule has 124 valence electrons. The summed E-state index contributed by atoms with van der Waals surface area (Å²) in [7, 11) is 0. The van der Waals surface area contributed by atoms with Crippen molar-refractivity contribution in [3.63, 3.8) is 0 Å². The Bertz CT molecular complexity index is 569. The summed E-state index contributed by atoms with van der Waals surface area (Å²) in [5.74, 6) is -1.09. The zero-order valence-corrected chi connectivity index (χ0v) is 12.6. The molecule has 0 aliphatic carbocycles. The van der Waals surface area contributed by atoms with Crippen LogP contribution in [-0.2, 0) is 25.6 Å². The number of carboxylic acid groups (broad SMARTS) is 1. The molecule has 1 N–H and O–H groups in total. The quantitative estimate of drug-likeness (QED) is 0.910. The first-order chi connectivity index (χ1) is 11.1. The summed E-state index contributed by atoms with van der Waals surface area (Å²) in [6.07, 6.45) is 0.217. The van der Waals surface area contributed by atoms with E-state index in [1.165, 1.54) is 4.90 Å². The lowest BCUT2D eigenvalue weighted by Crippen LogP contribution is -2.56. The molecular formula is C16H19NO6. The van der Waals surface area contributed by atoms with Gasteiger partial charge < -0.3 is 19.3 Å². The first-order valence-electron chi connectivity index (χ1n) is 7.57. The SMILES string of the molecule is O=C(O)C1COC2(CCOCC2)N1C(=O)OCc1ccccc1. The zero-order valence-electron chi connectivity index (χ0n) is 12.6. The molecular weight excluding hydrogens is 302 g/mol. The van der Waals surface area contributed by atoms with Gasteiger partial charge in [0.25, 0.3) is 0 Å². The highest BCUT2D eigenvalue weighted by Gasteiger charge is 2.54. The molecule has 1 aromatic carbocycles. The van der Waals surface area contributed by atoms with E-state index >= 15 is 0 Å². The highest BCUT2D eigenvalue weighted by Crippen LogP contribution is 2.37. The number of benzene rings is 1.